The van der Waals surface area contributed by atoms with Crippen LogP contribution in [0.4, 0.5) is 14.5 Å². The highest BCUT2D eigenvalue weighted by molar-refractivity contribution is 7.89. The number of hydrogen-bond donors (Lipinski definition) is 0. The van der Waals surface area contributed by atoms with Gasteiger partial charge in [-0.25, -0.2) is 22.2 Å². The van der Waals surface area contributed by atoms with E-state index >= 15 is 0 Å². The molecule has 1 fully saturated rings. The summed E-state index contributed by atoms with van der Waals surface area (Å²) >= 11 is 0. The third-order valence-electron chi connectivity index (χ3n) is 10.5. The molecule has 10 nitrogen and oxygen atoms in total. The largest absolute Gasteiger partial charge is 0.497 e. The quantitative estimate of drug-likeness (QED) is 0.190. The Morgan fingerprint density at radius 1 is 0.904 bits per heavy atom. The molecule has 52 heavy (non-hydrogen) atoms. The first-order valence-corrected chi connectivity index (χ1v) is 19.0. The molecule has 3 aliphatic rings. The van der Waals surface area contributed by atoms with Crippen molar-refractivity contribution < 1.29 is 36.1 Å². The molecule has 0 radical (unpaired) electrons. The van der Waals surface area contributed by atoms with Gasteiger partial charge >= 0.3 is 0 Å². The minimum atomic E-state index is -4.27. The third-order valence-corrected chi connectivity index (χ3v) is 12.2. The zero-order valence-electron chi connectivity index (χ0n) is 30.6. The molecule has 2 aromatic carbocycles. The number of hydrogen-bond acceptors (Lipinski definition) is 9. The number of rotatable bonds is 12. The fourth-order valence-corrected chi connectivity index (χ4v) is 8.80. The molecular weight excluding hydrogens is 691 g/mol. The number of aromatic nitrogens is 1. The summed E-state index contributed by atoms with van der Waals surface area (Å²) in [6.45, 7) is 4.14. The lowest BCUT2D eigenvalue weighted by Gasteiger charge is -2.48. The van der Waals surface area contributed by atoms with Gasteiger partial charge in [-0.2, -0.15) is 4.31 Å². The fraction of sp³-hybridized carbons (Fsp3) is 0.462. The number of sulfonamides is 1. The van der Waals surface area contributed by atoms with E-state index in [0.717, 1.165) is 25.0 Å². The van der Waals surface area contributed by atoms with Crippen molar-refractivity contribution in [3.8, 4) is 23.0 Å². The molecule has 280 valence electrons. The van der Waals surface area contributed by atoms with Crippen LogP contribution < -0.4 is 23.8 Å². The van der Waals surface area contributed by atoms with E-state index < -0.39 is 21.9 Å². The van der Waals surface area contributed by atoms with E-state index in [9.17, 15) is 17.2 Å². The molecule has 0 saturated carbocycles. The van der Waals surface area contributed by atoms with E-state index in [-0.39, 0.29) is 43.8 Å². The maximum absolute atomic E-state index is 14.8. The maximum Gasteiger partial charge on any atom is 0.261 e. The van der Waals surface area contributed by atoms with Gasteiger partial charge in [-0.1, -0.05) is 32.1 Å². The summed E-state index contributed by atoms with van der Waals surface area (Å²) in [5, 5.41) is -0.136. The van der Waals surface area contributed by atoms with Crippen LogP contribution in [-0.4, -0.2) is 76.2 Å². The normalized spacial score (nSPS) is 21.9. The number of likely N-dealkylation sites (tertiary alicyclic amines) is 1. The second kappa shape index (κ2) is 15.4. The average Bonchev–Trinajstić information content (AvgIpc) is 3.15. The first-order chi connectivity index (χ1) is 24.9. The lowest BCUT2D eigenvalue weighted by Crippen LogP contribution is -2.56. The number of nitrogens with zero attached hydrogens (tertiary/aromatic N) is 4. The van der Waals surface area contributed by atoms with Crippen LogP contribution in [0.25, 0.3) is 0 Å². The molecule has 6 rings (SSSR count). The van der Waals surface area contributed by atoms with Gasteiger partial charge in [0.2, 0.25) is 0 Å². The first kappa shape index (κ1) is 37.6. The molecule has 1 aromatic heterocycles. The number of piperidine rings is 1. The van der Waals surface area contributed by atoms with Crippen LogP contribution in [0.3, 0.4) is 0 Å². The van der Waals surface area contributed by atoms with Crippen molar-refractivity contribution in [2.45, 2.75) is 69.7 Å². The SMILES string of the molecule is COc1ccc(CN(Cc2ccc(OC)cc2OC)S(=O)(=O)c2cc(N3C4=C(C=CC3N3CCC(F)(F)C(C)C3)C(C)CCC4)ccn2)c(OC)c1. The number of benzene rings is 2. The molecule has 3 aromatic rings. The van der Waals surface area contributed by atoms with E-state index in [0.29, 0.717) is 45.7 Å². The standard InChI is InChI=1S/C39H48F2N4O6S/c1-26-8-7-9-34-33(26)14-15-38(43-19-17-39(40,41)27(2)23-43)45(34)30-16-18-42-37(20-30)52(46,47)44(24-28-10-12-31(48-3)21-35(28)50-5)25-29-11-13-32(49-4)22-36(29)51-6/h10-16,18,20-22,26-27,38H,7-9,17,19,23-25H2,1-6H3. The molecule has 3 unspecified atom stereocenters. The van der Waals surface area contributed by atoms with Crippen LogP contribution in [0.5, 0.6) is 23.0 Å². The molecule has 3 heterocycles. The van der Waals surface area contributed by atoms with Gasteiger partial charge in [-0.05, 0) is 55.0 Å². The number of anilines is 1. The zero-order chi connectivity index (χ0) is 37.2. The van der Waals surface area contributed by atoms with Crippen molar-refractivity contribution in [1.29, 1.82) is 0 Å². The average molecular weight is 739 g/mol. The van der Waals surface area contributed by atoms with Gasteiger partial charge in [0.25, 0.3) is 15.9 Å². The molecule has 0 amide bonds. The van der Waals surface area contributed by atoms with Crippen LogP contribution in [0.2, 0.25) is 0 Å². The summed E-state index contributed by atoms with van der Waals surface area (Å²) in [6.07, 6.45) is 7.95. The highest BCUT2D eigenvalue weighted by Gasteiger charge is 2.44. The number of methoxy groups -OCH3 is 4. The number of alkyl halides is 2. The van der Waals surface area contributed by atoms with E-state index in [1.54, 1.807) is 69.7 Å². The number of ether oxygens (including phenoxy) is 4. The van der Waals surface area contributed by atoms with Gasteiger partial charge in [0, 0.05) is 85.4 Å². The minimum absolute atomic E-state index is 0.0433. The summed E-state index contributed by atoms with van der Waals surface area (Å²) in [7, 11) is 1.88. The molecule has 1 saturated heterocycles. The molecule has 0 spiro atoms. The van der Waals surface area contributed by atoms with Crippen LogP contribution in [0.1, 0.15) is 50.7 Å². The van der Waals surface area contributed by atoms with Gasteiger partial charge in [-0.15, -0.1) is 0 Å². The predicted octanol–water partition coefficient (Wildman–Crippen LogP) is 7.26. The Hall–Kier alpha value is -4.20. The van der Waals surface area contributed by atoms with Gasteiger partial charge in [0.05, 0.1) is 28.4 Å². The Morgan fingerprint density at radius 2 is 1.54 bits per heavy atom. The topological polar surface area (TPSA) is 93.7 Å². The first-order valence-electron chi connectivity index (χ1n) is 17.6. The monoisotopic (exact) mass is 738 g/mol. The second-order valence-corrected chi connectivity index (χ2v) is 15.6. The molecular formula is C39H48F2N4O6S. The second-order valence-electron chi connectivity index (χ2n) is 13.7. The predicted molar refractivity (Wildman–Crippen MR) is 196 cm³/mol. The molecule has 2 aliphatic heterocycles. The van der Waals surface area contributed by atoms with Crippen LogP contribution in [0.15, 0.2) is 83.2 Å². The Balaban J connectivity index is 1.42. The number of pyridine rings is 1. The summed E-state index contributed by atoms with van der Waals surface area (Å²) < 4.78 is 82.4. The van der Waals surface area contributed by atoms with E-state index in [1.165, 1.54) is 30.3 Å². The Kier molecular flexibility index (Phi) is 11.1. The van der Waals surface area contributed by atoms with Crippen LogP contribution >= 0.6 is 0 Å². The summed E-state index contributed by atoms with van der Waals surface area (Å²) in [5.41, 5.74) is 4.17. The number of halogens is 2. The van der Waals surface area contributed by atoms with Crippen molar-refractivity contribution in [3.63, 3.8) is 0 Å². The van der Waals surface area contributed by atoms with Crippen molar-refractivity contribution in [1.82, 2.24) is 14.2 Å². The van der Waals surface area contributed by atoms with Crippen molar-refractivity contribution in [2.75, 3.05) is 46.4 Å². The summed E-state index contributed by atoms with van der Waals surface area (Å²) in [5.74, 6) is -1.15. The number of allylic oxidation sites excluding steroid dienone is 3. The smallest absolute Gasteiger partial charge is 0.261 e. The lowest BCUT2D eigenvalue weighted by molar-refractivity contribution is -0.103. The van der Waals surface area contributed by atoms with Gasteiger partial charge in [0.15, 0.2) is 5.03 Å². The van der Waals surface area contributed by atoms with E-state index in [4.69, 9.17) is 18.9 Å². The summed E-state index contributed by atoms with van der Waals surface area (Å²) in [6, 6.07) is 13.9. The van der Waals surface area contributed by atoms with E-state index in [2.05, 4.69) is 33.9 Å². The minimum Gasteiger partial charge on any atom is -0.497 e. The van der Waals surface area contributed by atoms with E-state index in [1.807, 2.05) is 0 Å². The summed E-state index contributed by atoms with van der Waals surface area (Å²) in [4.78, 5) is 8.65. The van der Waals surface area contributed by atoms with Crippen molar-refractivity contribution in [3.05, 3.63) is 89.3 Å². The Labute approximate surface area is 305 Å². The molecule has 0 N–H and O–H groups in total. The lowest BCUT2D eigenvalue weighted by atomic mass is 9.83. The Bertz CT molecular complexity index is 1880. The highest BCUT2D eigenvalue weighted by Crippen LogP contribution is 2.43. The van der Waals surface area contributed by atoms with Crippen molar-refractivity contribution in [2.24, 2.45) is 11.8 Å². The molecule has 1 aliphatic carbocycles. The van der Waals surface area contributed by atoms with Crippen molar-refractivity contribution >= 4 is 15.7 Å². The van der Waals surface area contributed by atoms with Gasteiger partial charge in [0.1, 0.15) is 29.2 Å². The third kappa shape index (κ3) is 7.49. The van der Waals surface area contributed by atoms with Gasteiger partial charge < -0.3 is 23.8 Å². The van der Waals surface area contributed by atoms with Crippen LogP contribution in [0, 0.1) is 11.8 Å². The molecule has 3 atom stereocenters. The van der Waals surface area contributed by atoms with Crippen LogP contribution in [-0.2, 0) is 23.1 Å². The van der Waals surface area contributed by atoms with Gasteiger partial charge in [-0.3, -0.25) is 4.90 Å². The highest BCUT2D eigenvalue weighted by atomic mass is 32.2. The zero-order valence-corrected chi connectivity index (χ0v) is 31.5. The Morgan fingerprint density at radius 3 is 2.12 bits per heavy atom. The molecule has 13 heteroatoms. The molecule has 0 bridgehead atoms. The fourth-order valence-electron chi connectivity index (χ4n) is 7.46. The maximum atomic E-state index is 14.8.